The summed E-state index contributed by atoms with van der Waals surface area (Å²) in [7, 11) is 4.98. The molecular formula is C5H8BNO2. The van der Waals surface area contributed by atoms with Gasteiger partial charge in [-0.05, 0) is 13.2 Å². The van der Waals surface area contributed by atoms with E-state index < -0.39 is 5.97 Å². The van der Waals surface area contributed by atoms with E-state index in [0.29, 0.717) is 6.61 Å². The van der Waals surface area contributed by atoms with Gasteiger partial charge in [0.05, 0.1) is 14.5 Å². The van der Waals surface area contributed by atoms with Crippen LogP contribution >= 0.6 is 0 Å². The normalized spacial score (nSPS) is 8.56. The molecule has 1 N–H and O–H groups in total. The zero-order valence-corrected chi connectivity index (χ0v) is 5.31. The van der Waals surface area contributed by atoms with Crippen molar-refractivity contribution in [1.29, 1.82) is 5.41 Å². The van der Waals surface area contributed by atoms with Gasteiger partial charge in [0.15, 0.2) is 0 Å². The number of hydrogen-bond donors (Lipinski definition) is 1. The molecule has 4 heteroatoms. The van der Waals surface area contributed by atoms with Gasteiger partial charge in [0.1, 0.15) is 5.71 Å². The highest BCUT2D eigenvalue weighted by Gasteiger charge is 2.04. The zero-order chi connectivity index (χ0) is 7.28. The number of carbonyl (C=O) groups excluding carboxylic acids is 1. The van der Waals surface area contributed by atoms with Gasteiger partial charge < -0.3 is 4.74 Å². The smallest absolute Gasteiger partial charge is 0.351 e. The molecule has 0 aromatic heterocycles. The van der Waals surface area contributed by atoms with Crippen molar-refractivity contribution in [3.8, 4) is 0 Å². The third-order valence-corrected chi connectivity index (χ3v) is 0.726. The van der Waals surface area contributed by atoms with E-state index in [0.717, 1.165) is 0 Å². The van der Waals surface area contributed by atoms with Gasteiger partial charge in [-0.15, -0.1) is 0 Å². The van der Waals surface area contributed by atoms with Gasteiger partial charge in [0, 0.05) is 0 Å². The molecule has 0 atom stereocenters. The highest BCUT2D eigenvalue weighted by atomic mass is 16.5. The van der Waals surface area contributed by atoms with Crippen LogP contribution in [0.2, 0.25) is 6.32 Å². The van der Waals surface area contributed by atoms with E-state index in [-0.39, 0.29) is 12.0 Å². The maximum absolute atomic E-state index is 10.4. The first-order valence-electron chi connectivity index (χ1n) is 2.67. The Bertz CT molecular complexity index is 124. The maximum Gasteiger partial charge on any atom is 0.351 e. The van der Waals surface area contributed by atoms with E-state index in [2.05, 4.69) is 4.74 Å². The summed E-state index contributed by atoms with van der Waals surface area (Å²) in [5.74, 6) is -0.625. The molecule has 0 fully saturated rings. The lowest BCUT2D eigenvalue weighted by Gasteiger charge is -1.98. The topological polar surface area (TPSA) is 50.2 Å². The van der Waals surface area contributed by atoms with Crippen LogP contribution < -0.4 is 0 Å². The summed E-state index contributed by atoms with van der Waals surface area (Å²) in [4.78, 5) is 10.4. The minimum atomic E-state index is -0.625. The lowest BCUT2D eigenvalue weighted by molar-refractivity contribution is -0.135. The monoisotopic (exact) mass is 125 g/mol. The van der Waals surface area contributed by atoms with Gasteiger partial charge >= 0.3 is 5.97 Å². The molecule has 0 amide bonds. The average molecular weight is 125 g/mol. The summed E-state index contributed by atoms with van der Waals surface area (Å²) >= 11 is 0. The number of hydrogen-bond acceptors (Lipinski definition) is 3. The second-order valence-electron chi connectivity index (χ2n) is 1.40. The third kappa shape index (κ3) is 2.90. The van der Waals surface area contributed by atoms with E-state index in [1.807, 2.05) is 0 Å². The molecule has 0 saturated heterocycles. The maximum atomic E-state index is 10.4. The van der Waals surface area contributed by atoms with Crippen LogP contribution in [0.1, 0.15) is 6.92 Å². The van der Waals surface area contributed by atoms with Crippen LogP contribution in [0.3, 0.4) is 0 Å². The lowest BCUT2D eigenvalue weighted by Crippen LogP contribution is -2.15. The van der Waals surface area contributed by atoms with Gasteiger partial charge in [-0.2, -0.15) is 0 Å². The number of nitrogens with one attached hydrogen (secondary N) is 1. The molecule has 0 bridgehead atoms. The van der Waals surface area contributed by atoms with Crippen LogP contribution in [0.5, 0.6) is 0 Å². The summed E-state index contributed by atoms with van der Waals surface area (Å²) in [5.41, 5.74) is -0.183. The highest BCUT2D eigenvalue weighted by Crippen LogP contribution is 1.84. The number of carbonyl (C=O) groups is 1. The van der Waals surface area contributed by atoms with Crippen LogP contribution in [-0.4, -0.2) is 26.1 Å². The molecular weight excluding hydrogens is 117 g/mol. The van der Waals surface area contributed by atoms with Crippen LogP contribution in [0.4, 0.5) is 0 Å². The zero-order valence-electron chi connectivity index (χ0n) is 5.31. The molecule has 9 heavy (non-hydrogen) atoms. The van der Waals surface area contributed by atoms with Crippen molar-refractivity contribution >= 4 is 19.5 Å². The fraction of sp³-hybridized carbons (Fsp3) is 0.600. The molecule has 0 rings (SSSR count). The van der Waals surface area contributed by atoms with Gasteiger partial charge in [-0.1, -0.05) is 0 Å². The molecule has 0 aliphatic carbocycles. The Hall–Kier alpha value is -0.795. The minimum absolute atomic E-state index is 0.0567. The second-order valence-corrected chi connectivity index (χ2v) is 1.40. The summed E-state index contributed by atoms with van der Waals surface area (Å²) < 4.78 is 4.45. The summed E-state index contributed by atoms with van der Waals surface area (Å²) in [6.45, 7) is 1.98. The molecule has 3 nitrogen and oxygen atoms in total. The highest BCUT2D eigenvalue weighted by molar-refractivity contribution is 6.43. The van der Waals surface area contributed by atoms with Crippen molar-refractivity contribution in [2.75, 3.05) is 6.61 Å². The summed E-state index contributed by atoms with van der Waals surface area (Å²) in [6.07, 6.45) is -0.0567. The Morgan fingerprint density at radius 2 is 2.33 bits per heavy atom. The Morgan fingerprint density at radius 1 is 1.78 bits per heavy atom. The lowest BCUT2D eigenvalue weighted by atomic mass is 10.0. The fourth-order valence-electron chi connectivity index (χ4n) is 0.302. The van der Waals surface area contributed by atoms with E-state index in [1.165, 1.54) is 0 Å². The van der Waals surface area contributed by atoms with Crippen LogP contribution in [0.15, 0.2) is 0 Å². The van der Waals surface area contributed by atoms with Crippen molar-refractivity contribution in [3.63, 3.8) is 0 Å². The first-order chi connectivity index (χ1) is 4.22. The molecule has 0 saturated carbocycles. The largest absolute Gasteiger partial charge is 0.462 e. The van der Waals surface area contributed by atoms with Crippen molar-refractivity contribution < 1.29 is 9.53 Å². The van der Waals surface area contributed by atoms with Crippen molar-refractivity contribution in [2.24, 2.45) is 0 Å². The van der Waals surface area contributed by atoms with Gasteiger partial charge in [-0.3, -0.25) is 5.41 Å². The molecule has 0 spiro atoms. The molecule has 0 heterocycles. The third-order valence-electron chi connectivity index (χ3n) is 0.726. The van der Waals surface area contributed by atoms with Gasteiger partial charge in [-0.25, -0.2) is 4.79 Å². The van der Waals surface area contributed by atoms with Crippen molar-refractivity contribution in [2.45, 2.75) is 13.2 Å². The van der Waals surface area contributed by atoms with E-state index in [1.54, 1.807) is 6.92 Å². The number of ether oxygens (including phenoxy) is 1. The molecule has 0 aromatic carbocycles. The summed E-state index contributed by atoms with van der Waals surface area (Å²) in [6, 6.07) is 0. The Labute approximate surface area is 55.3 Å². The predicted octanol–water partition coefficient (Wildman–Crippen LogP) is 0.156. The van der Waals surface area contributed by atoms with Crippen LogP contribution in [0.25, 0.3) is 0 Å². The standard InChI is InChI=1S/C5H8BNO2/c1-2-9-5(8)4(7)3-6/h7H,2-3H2,1H3. The predicted molar refractivity (Wildman–Crippen MR) is 34.9 cm³/mol. The quantitative estimate of drug-likeness (QED) is 0.331. The Morgan fingerprint density at radius 3 is 2.67 bits per heavy atom. The Kier molecular flexibility index (Phi) is 3.76. The summed E-state index contributed by atoms with van der Waals surface area (Å²) in [5, 5.41) is 6.85. The Balaban J connectivity index is 3.60. The molecule has 0 unspecified atom stereocenters. The molecule has 2 radical (unpaired) electrons. The first-order valence-corrected chi connectivity index (χ1v) is 2.67. The fourth-order valence-corrected chi connectivity index (χ4v) is 0.302. The van der Waals surface area contributed by atoms with Crippen molar-refractivity contribution in [1.82, 2.24) is 0 Å². The average Bonchev–Trinajstić information content (AvgIpc) is 1.87. The van der Waals surface area contributed by atoms with Gasteiger partial charge in [0.25, 0.3) is 0 Å². The van der Waals surface area contributed by atoms with Crippen LogP contribution in [0, 0.1) is 5.41 Å². The SMILES string of the molecule is [B]CC(=N)C(=O)OCC. The van der Waals surface area contributed by atoms with Crippen LogP contribution in [-0.2, 0) is 9.53 Å². The molecule has 0 aliphatic rings. The minimum Gasteiger partial charge on any atom is -0.462 e. The second kappa shape index (κ2) is 4.12. The van der Waals surface area contributed by atoms with Gasteiger partial charge in [0.2, 0.25) is 0 Å². The van der Waals surface area contributed by atoms with E-state index >= 15 is 0 Å². The van der Waals surface area contributed by atoms with Crippen molar-refractivity contribution in [3.05, 3.63) is 0 Å². The molecule has 0 aromatic rings. The molecule has 0 aliphatic heterocycles. The molecule has 48 valence electrons. The van der Waals surface area contributed by atoms with E-state index in [9.17, 15) is 4.79 Å². The number of esters is 1. The van der Waals surface area contributed by atoms with E-state index in [4.69, 9.17) is 13.3 Å². The first kappa shape index (κ1) is 8.20. The number of rotatable bonds is 3.